The van der Waals surface area contributed by atoms with Gasteiger partial charge in [-0.05, 0) is 54.8 Å². The highest BCUT2D eigenvalue weighted by atomic mass is 16.2. The van der Waals surface area contributed by atoms with Crippen LogP contribution in [0.15, 0.2) is 60.8 Å². The molecule has 33 heavy (non-hydrogen) atoms. The van der Waals surface area contributed by atoms with Crippen molar-refractivity contribution >= 4 is 28.3 Å². The van der Waals surface area contributed by atoms with E-state index in [1.807, 2.05) is 61.5 Å². The Bertz CT molecular complexity index is 1190. The molecule has 0 atom stereocenters. The van der Waals surface area contributed by atoms with Gasteiger partial charge in [-0.2, -0.15) is 0 Å². The summed E-state index contributed by atoms with van der Waals surface area (Å²) in [5, 5.41) is 8.28. The van der Waals surface area contributed by atoms with Crippen molar-refractivity contribution in [1.29, 1.82) is 0 Å². The van der Waals surface area contributed by atoms with Crippen LogP contribution in [0, 0.1) is 6.92 Å². The van der Waals surface area contributed by atoms with Crippen molar-refractivity contribution < 1.29 is 9.59 Å². The van der Waals surface area contributed by atoms with Crippen molar-refractivity contribution in [1.82, 2.24) is 20.5 Å². The number of likely N-dealkylation sites (tertiary alicyclic amines) is 1. The van der Waals surface area contributed by atoms with Gasteiger partial charge in [-0.1, -0.05) is 30.3 Å². The molecule has 2 fully saturated rings. The summed E-state index contributed by atoms with van der Waals surface area (Å²) in [4.78, 5) is 34.3. The zero-order chi connectivity index (χ0) is 22.8. The minimum Gasteiger partial charge on any atom is -0.351 e. The number of aryl methyl sites for hydroxylation is 1. The van der Waals surface area contributed by atoms with Crippen LogP contribution in [0.2, 0.25) is 0 Å². The van der Waals surface area contributed by atoms with Gasteiger partial charge in [0.25, 0.3) is 5.91 Å². The molecule has 0 aliphatic carbocycles. The third-order valence-electron chi connectivity index (χ3n) is 6.94. The SMILES string of the molecule is Cc1cc(N2CNC(=O)C23CCN(CCNC(=O)c2ccc4ccccc4c2)CC3)ccn1. The second kappa shape index (κ2) is 8.83. The summed E-state index contributed by atoms with van der Waals surface area (Å²) < 4.78 is 0. The van der Waals surface area contributed by atoms with E-state index in [-0.39, 0.29) is 11.8 Å². The van der Waals surface area contributed by atoms with Gasteiger partial charge in [0.2, 0.25) is 5.91 Å². The average Bonchev–Trinajstić information content (AvgIpc) is 3.15. The number of carbonyl (C=O) groups is 2. The number of benzene rings is 2. The number of piperidine rings is 1. The third-order valence-corrected chi connectivity index (χ3v) is 6.94. The maximum Gasteiger partial charge on any atom is 0.251 e. The molecule has 0 saturated carbocycles. The van der Waals surface area contributed by atoms with E-state index < -0.39 is 5.54 Å². The minimum atomic E-state index is -0.501. The van der Waals surface area contributed by atoms with Gasteiger partial charge < -0.3 is 20.4 Å². The van der Waals surface area contributed by atoms with Gasteiger partial charge in [-0.3, -0.25) is 14.6 Å². The Kier molecular flexibility index (Phi) is 5.72. The van der Waals surface area contributed by atoms with Crippen LogP contribution in [-0.4, -0.2) is 60.1 Å². The van der Waals surface area contributed by atoms with E-state index in [9.17, 15) is 9.59 Å². The maximum absolute atomic E-state index is 12.8. The molecule has 0 bridgehead atoms. The molecule has 2 aliphatic rings. The quantitative estimate of drug-likeness (QED) is 0.634. The molecule has 0 unspecified atom stereocenters. The molecular formula is C26H29N5O2. The number of anilines is 1. The summed E-state index contributed by atoms with van der Waals surface area (Å²) in [6.07, 6.45) is 3.33. The number of rotatable bonds is 5. The highest BCUT2D eigenvalue weighted by Gasteiger charge is 2.50. The Morgan fingerprint density at radius 2 is 1.88 bits per heavy atom. The fourth-order valence-electron chi connectivity index (χ4n) is 5.03. The smallest absolute Gasteiger partial charge is 0.251 e. The van der Waals surface area contributed by atoms with E-state index in [1.54, 1.807) is 6.20 Å². The molecule has 3 heterocycles. The first-order chi connectivity index (χ1) is 16.0. The number of nitrogens with zero attached hydrogens (tertiary/aromatic N) is 3. The molecule has 2 aliphatic heterocycles. The number of aromatic nitrogens is 1. The number of hydrogen-bond acceptors (Lipinski definition) is 5. The summed E-state index contributed by atoms with van der Waals surface area (Å²) in [5.74, 6) is 0.0601. The second-order valence-corrected chi connectivity index (χ2v) is 8.94. The number of nitrogens with one attached hydrogen (secondary N) is 2. The van der Waals surface area contributed by atoms with Gasteiger partial charge in [-0.25, -0.2) is 0 Å². The number of amides is 2. The lowest BCUT2D eigenvalue weighted by Crippen LogP contribution is -2.57. The summed E-state index contributed by atoms with van der Waals surface area (Å²) in [6, 6.07) is 17.8. The van der Waals surface area contributed by atoms with Crippen molar-refractivity contribution in [3.63, 3.8) is 0 Å². The Balaban J connectivity index is 1.16. The molecule has 1 aromatic heterocycles. The van der Waals surface area contributed by atoms with Crippen LogP contribution in [0.4, 0.5) is 5.69 Å². The van der Waals surface area contributed by atoms with Crippen molar-refractivity contribution in [3.8, 4) is 0 Å². The fourth-order valence-corrected chi connectivity index (χ4v) is 5.03. The summed E-state index contributed by atoms with van der Waals surface area (Å²) in [7, 11) is 0. The summed E-state index contributed by atoms with van der Waals surface area (Å²) in [6.45, 7) is 5.49. The highest BCUT2D eigenvalue weighted by Crippen LogP contribution is 2.36. The van der Waals surface area contributed by atoms with E-state index in [0.717, 1.165) is 54.6 Å². The third kappa shape index (κ3) is 4.16. The predicted molar refractivity (Wildman–Crippen MR) is 129 cm³/mol. The Morgan fingerprint density at radius 3 is 2.67 bits per heavy atom. The Labute approximate surface area is 193 Å². The molecule has 7 nitrogen and oxygen atoms in total. The summed E-state index contributed by atoms with van der Waals surface area (Å²) in [5.41, 5.74) is 2.16. The molecule has 170 valence electrons. The second-order valence-electron chi connectivity index (χ2n) is 8.94. The first-order valence-electron chi connectivity index (χ1n) is 11.5. The van der Waals surface area contributed by atoms with E-state index in [4.69, 9.17) is 0 Å². The number of hydrogen-bond donors (Lipinski definition) is 2. The molecule has 0 radical (unpaired) electrons. The van der Waals surface area contributed by atoms with Gasteiger partial charge in [0.1, 0.15) is 5.54 Å². The molecule has 2 aromatic carbocycles. The molecule has 3 aromatic rings. The Hall–Kier alpha value is -3.45. The number of pyridine rings is 1. The van der Waals surface area contributed by atoms with Crippen molar-refractivity contribution in [2.45, 2.75) is 25.3 Å². The normalized spacial score (nSPS) is 18.0. The van der Waals surface area contributed by atoms with E-state index in [2.05, 4.69) is 25.4 Å². The van der Waals surface area contributed by atoms with E-state index in [1.165, 1.54) is 0 Å². The Morgan fingerprint density at radius 1 is 1.09 bits per heavy atom. The van der Waals surface area contributed by atoms with Crippen LogP contribution in [0.5, 0.6) is 0 Å². The minimum absolute atomic E-state index is 0.0522. The molecule has 2 amide bonds. The van der Waals surface area contributed by atoms with Gasteiger partial charge in [0.15, 0.2) is 0 Å². The van der Waals surface area contributed by atoms with Gasteiger partial charge >= 0.3 is 0 Å². The van der Waals surface area contributed by atoms with E-state index >= 15 is 0 Å². The molecule has 7 heteroatoms. The molecule has 2 saturated heterocycles. The maximum atomic E-state index is 12.8. The average molecular weight is 444 g/mol. The summed E-state index contributed by atoms with van der Waals surface area (Å²) >= 11 is 0. The molecule has 1 spiro atoms. The van der Waals surface area contributed by atoms with Crippen LogP contribution >= 0.6 is 0 Å². The first-order valence-corrected chi connectivity index (χ1v) is 11.5. The van der Waals surface area contributed by atoms with Crippen LogP contribution in [-0.2, 0) is 4.79 Å². The van der Waals surface area contributed by atoms with Crippen molar-refractivity contribution in [2.24, 2.45) is 0 Å². The van der Waals surface area contributed by atoms with Crippen LogP contribution in [0.3, 0.4) is 0 Å². The standard InChI is InChI=1S/C26H29N5O2/c1-19-16-23(8-11-27-19)31-18-29-25(33)26(31)9-13-30(14-10-26)15-12-28-24(32)22-7-6-20-4-2-3-5-21(20)17-22/h2-8,11,16-17H,9-10,12-15,18H2,1H3,(H,28,32)(H,29,33). The highest BCUT2D eigenvalue weighted by molar-refractivity contribution is 5.98. The predicted octanol–water partition coefficient (Wildman–Crippen LogP) is 2.70. The van der Waals surface area contributed by atoms with E-state index in [0.29, 0.717) is 18.8 Å². The first kappa shape index (κ1) is 21.4. The zero-order valence-electron chi connectivity index (χ0n) is 18.9. The van der Waals surface area contributed by atoms with Crippen LogP contribution < -0.4 is 15.5 Å². The number of fused-ring (bicyclic) bond motifs is 1. The number of carbonyl (C=O) groups excluding carboxylic acids is 2. The van der Waals surface area contributed by atoms with Gasteiger partial charge in [0.05, 0.1) is 6.67 Å². The lowest BCUT2D eigenvalue weighted by Gasteiger charge is -2.43. The topological polar surface area (TPSA) is 77.6 Å². The zero-order valence-corrected chi connectivity index (χ0v) is 18.9. The van der Waals surface area contributed by atoms with Gasteiger partial charge in [-0.15, -0.1) is 0 Å². The molecular weight excluding hydrogens is 414 g/mol. The van der Waals surface area contributed by atoms with Crippen LogP contribution in [0.25, 0.3) is 10.8 Å². The molecule has 2 N–H and O–H groups in total. The molecule has 5 rings (SSSR count). The largest absolute Gasteiger partial charge is 0.351 e. The fraction of sp³-hybridized carbons (Fsp3) is 0.346. The lowest BCUT2D eigenvalue weighted by molar-refractivity contribution is -0.125. The lowest BCUT2D eigenvalue weighted by atomic mass is 9.85. The van der Waals surface area contributed by atoms with Crippen LogP contribution in [0.1, 0.15) is 28.9 Å². The van der Waals surface area contributed by atoms with Crippen molar-refractivity contribution in [3.05, 3.63) is 72.1 Å². The van der Waals surface area contributed by atoms with Gasteiger partial charge in [0, 0.05) is 49.3 Å². The monoisotopic (exact) mass is 443 g/mol. The van der Waals surface area contributed by atoms with Crippen molar-refractivity contribution in [2.75, 3.05) is 37.7 Å².